The molecule has 0 bridgehead atoms. The molecule has 0 aliphatic carbocycles. The van der Waals surface area contributed by atoms with Crippen LogP contribution in [0.3, 0.4) is 0 Å². The van der Waals surface area contributed by atoms with Gasteiger partial charge >= 0.3 is 0 Å². The molecule has 5 heteroatoms. The maximum absolute atomic E-state index is 5.76. The van der Waals surface area contributed by atoms with Crippen LogP contribution in [0.25, 0.3) is 0 Å². The van der Waals surface area contributed by atoms with Crippen molar-refractivity contribution in [1.29, 1.82) is 0 Å². The van der Waals surface area contributed by atoms with Gasteiger partial charge in [-0.15, -0.1) is 10.2 Å². The van der Waals surface area contributed by atoms with Gasteiger partial charge in [-0.05, 0) is 43.5 Å². The largest absolute Gasteiger partial charge is 0.493 e. The number of rotatable bonds is 5. The lowest BCUT2D eigenvalue weighted by Gasteiger charge is -2.10. The summed E-state index contributed by atoms with van der Waals surface area (Å²) >= 11 is 0. The lowest BCUT2D eigenvalue weighted by molar-refractivity contribution is 0.302. The third-order valence-corrected chi connectivity index (χ3v) is 3.05. The first-order chi connectivity index (χ1) is 9.10. The average molecular weight is 261 g/mol. The van der Waals surface area contributed by atoms with Gasteiger partial charge in [0.2, 0.25) is 11.8 Å². The molecule has 1 aromatic heterocycles. The van der Waals surface area contributed by atoms with Gasteiger partial charge in [-0.2, -0.15) is 0 Å². The van der Waals surface area contributed by atoms with Crippen molar-refractivity contribution in [2.75, 3.05) is 6.61 Å². The highest BCUT2D eigenvalue weighted by Crippen LogP contribution is 2.22. The second kappa shape index (κ2) is 5.84. The Bertz CT molecular complexity index is 564. The summed E-state index contributed by atoms with van der Waals surface area (Å²) in [5, 5.41) is 7.70. The van der Waals surface area contributed by atoms with E-state index in [9.17, 15) is 0 Å². The van der Waals surface area contributed by atoms with Crippen molar-refractivity contribution in [2.45, 2.75) is 33.7 Å². The summed E-state index contributed by atoms with van der Waals surface area (Å²) in [6, 6.07) is 4.19. The van der Waals surface area contributed by atoms with E-state index in [2.05, 4.69) is 36.2 Å². The Morgan fingerprint density at radius 2 is 1.74 bits per heavy atom. The molecule has 0 spiro atoms. The van der Waals surface area contributed by atoms with Crippen molar-refractivity contribution in [1.82, 2.24) is 10.2 Å². The third kappa shape index (κ3) is 3.32. The highest BCUT2D eigenvalue weighted by atomic mass is 16.5. The smallest absolute Gasteiger partial charge is 0.230 e. The van der Waals surface area contributed by atoms with Crippen LogP contribution < -0.4 is 10.5 Å². The topological polar surface area (TPSA) is 74.2 Å². The molecule has 0 atom stereocenters. The van der Waals surface area contributed by atoms with Crippen LogP contribution in [0.15, 0.2) is 16.5 Å². The van der Waals surface area contributed by atoms with Crippen molar-refractivity contribution >= 4 is 0 Å². The van der Waals surface area contributed by atoms with Gasteiger partial charge in [-0.3, -0.25) is 0 Å². The summed E-state index contributed by atoms with van der Waals surface area (Å²) in [6.07, 6.45) is 0.583. The number of hydrogen-bond donors (Lipinski definition) is 1. The first kappa shape index (κ1) is 13.5. The number of benzene rings is 1. The van der Waals surface area contributed by atoms with E-state index >= 15 is 0 Å². The fourth-order valence-electron chi connectivity index (χ4n) is 1.81. The Balaban J connectivity index is 1.94. The minimum atomic E-state index is 0.268. The van der Waals surface area contributed by atoms with Gasteiger partial charge in [0, 0.05) is 0 Å². The lowest BCUT2D eigenvalue weighted by Crippen LogP contribution is -2.03. The predicted molar refractivity (Wildman–Crippen MR) is 72.0 cm³/mol. The highest BCUT2D eigenvalue weighted by molar-refractivity contribution is 5.40. The molecule has 0 aliphatic rings. The van der Waals surface area contributed by atoms with Gasteiger partial charge in [0.25, 0.3) is 0 Å². The van der Waals surface area contributed by atoms with Crippen LogP contribution in [0.1, 0.15) is 28.5 Å². The Hall–Kier alpha value is -1.88. The standard InChI is InChI=1S/C14H19N3O2/c1-9-6-11(3)12(7-10(9)2)18-5-4-13-16-17-14(8-15)19-13/h6-7H,4-5,8,15H2,1-3H3. The van der Waals surface area contributed by atoms with E-state index < -0.39 is 0 Å². The Kier molecular flexibility index (Phi) is 4.16. The Labute approximate surface area is 112 Å². The summed E-state index contributed by atoms with van der Waals surface area (Å²) in [5.74, 6) is 1.92. The number of aryl methyl sites for hydroxylation is 3. The zero-order chi connectivity index (χ0) is 13.8. The monoisotopic (exact) mass is 261 g/mol. The zero-order valence-electron chi connectivity index (χ0n) is 11.6. The van der Waals surface area contributed by atoms with E-state index in [0.29, 0.717) is 24.8 Å². The summed E-state index contributed by atoms with van der Waals surface area (Å²) < 4.78 is 11.1. The van der Waals surface area contributed by atoms with Crippen molar-refractivity contribution in [3.8, 4) is 5.75 Å². The van der Waals surface area contributed by atoms with Crippen LogP contribution in [-0.2, 0) is 13.0 Å². The van der Waals surface area contributed by atoms with Crippen LogP contribution in [0, 0.1) is 20.8 Å². The van der Waals surface area contributed by atoms with Crippen LogP contribution in [0.4, 0.5) is 0 Å². The van der Waals surface area contributed by atoms with Gasteiger partial charge in [-0.1, -0.05) is 6.07 Å². The highest BCUT2D eigenvalue weighted by Gasteiger charge is 2.06. The van der Waals surface area contributed by atoms with Crippen molar-refractivity contribution < 1.29 is 9.15 Å². The second-order valence-electron chi connectivity index (χ2n) is 4.59. The van der Waals surface area contributed by atoms with Crippen LogP contribution in [-0.4, -0.2) is 16.8 Å². The van der Waals surface area contributed by atoms with Crippen LogP contribution in [0.2, 0.25) is 0 Å². The van der Waals surface area contributed by atoms with Crippen molar-refractivity contribution in [2.24, 2.45) is 5.73 Å². The van der Waals surface area contributed by atoms with E-state index in [0.717, 1.165) is 11.3 Å². The molecule has 0 saturated carbocycles. The predicted octanol–water partition coefficient (Wildman–Crippen LogP) is 2.08. The summed E-state index contributed by atoms with van der Waals surface area (Å²) in [4.78, 5) is 0. The molecule has 19 heavy (non-hydrogen) atoms. The van der Waals surface area contributed by atoms with Gasteiger partial charge in [0.1, 0.15) is 5.75 Å². The lowest BCUT2D eigenvalue weighted by atomic mass is 10.1. The molecule has 2 aromatic rings. The molecule has 1 heterocycles. The van der Waals surface area contributed by atoms with E-state index in [1.165, 1.54) is 11.1 Å². The molecule has 0 fully saturated rings. The third-order valence-electron chi connectivity index (χ3n) is 3.05. The number of nitrogens with two attached hydrogens (primary N) is 1. The van der Waals surface area contributed by atoms with Crippen LogP contribution in [0.5, 0.6) is 5.75 Å². The van der Waals surface area contributed by atoms with E-state index in [1.807, 2.05) is 6.92 Å². The normalized spacial score (nSPS) is 10.7. The van der Waals surface area contributed by atoms with Gasteiger partial charge in [-0.25, -0.2) is 0 Å². The number of aromatic nitrogens is 2. The molecule has 1 aromatic carbocycles. The molecule has 2 rings (SSSR count). The maximum Gasteiger partial charge on any atom is 0.230 e. The van der Waals surface area contributed by atoms with Crippen molar-refractivity contribution in [3.63, 3.8) is 0 Å². The average Bonchev–Trinajstić information content (AvgIpc) is 2.83. The molecular weight excluding hydrogens is 242 g/mol. The minimum Gasteiger partial charge on any atom is -0.493 e. The molecule has 0 saturated heterocycles. The number of nitrogens with zero attached hydrogens (tertiary/aromatic N) is 2. The quantitative estimate of drug-likeness (QED) is 0.891. The first-order valence-electron chi connectivity index (χ1n) is 6.32. The van der Waals surface area contributed by atoms with Gasteiger partial charge in [0.05, 0.1) is 19.6 Å². The molecule has 0 unspecified atom stereocenters. The van der Waals surface area contributed by atoms with Crippen LogP contribution >= 0.6 is 0 Å². The molecule has 0 radical (unpaired) electrons. The minimum absolute atomic E-state index is 0.268. The van der Waals surface area contributed by atoms with Gasteiger partial charge in [0.15, 0.2) is 0 Å². The number of ether oxygens (including phenoxy) is 1. The summed E-state index contributed by atoms with van der Waals surface area (Å²) in [5.41, 5.74) is 9.04. The van der Waals surface area contributed by atoms with Crippen molar-refractivity contribution in [3.05, 3.63) is 40.6 Å². The first-order valence-corrected chi connectivity index (χ1v) is 6.32. The molecule has 0 amide bonds. The second-order valence-corrected chi connectivity index (χ2v) is 4.59. The van der Waals surface area contributed by atoms with Gasteiger partial charge < -0.3 is 14.9 Å². The summed E-state index contributed by atoms with van der Waals surface area (Å²) in [7, 11) is 0. The molecule has 0 aliphatic heterocycles. The van der Waals surface area contributed by atoms with E-state index in [1.54, 1.807) is 0 Å². The SMILES string of the molecule is Cc1cc(C)c(OCCc2nnc(CN)o2)cc1C. The zero-order valence-corrected chi connectivity index (χ0v) is 11.6. The fourth-order valence-corrected chi connectivity index (χ4v) is 1.81. The molecule has 2 N–H and O–H groups in total. The molecule has 102 valence electrons. The Morgan fingerprint density at radius 1 is 1.05 bits per heavy atom. The summed E-state index contributed by atoms with van der Waals surface area (Å²) in [6.45, 7) is 6.99. The maximum atomic E-state index is 5.76. The van der Waals surface area contributed by atoms with E-state index in [4.69, 9.17) is 14.9 Å². The molecule has 5 nitrogen and oxygen atoms in total. The fraction of sp³-hybridized carbons (Fsp3) is 0.429. The number of hydrogen-bond acceptors (Lipinski definition) is 5. The Morgan fingerprint density at radius 3 is 2.42 bits per heavy atom. The molecular formula is C14H19N3O2. The van der Waals surface area contributed by atoms with E-state index in [-0.39, 0.29) is 6.54 Å².